The van der Waals surface area contributed by atoms with Crippen molar-refractivity contribution in [3.63, 3.8) is 0 Å². The van der Waals surface area contributed by atoms with Crippen LogP contribution in [-0.4, -0.2) is 26.9 Å². The molecule has 0 aliphatic heterocycles. The van der Waals surface area contributed by atoms with Gasteiger partial charge in [-0.1, -0.05) is 0 Å². The van der Waals surface area contributed by atoms with E-state index in [0.717, 1.165) is 0 Å². The molecule has 0 heterocycles. The molecular formula is C6H11FO3S. The molecule has 66 valence electrons. The highest BCUT2D eigenvalue weighted by Gasteiger charge is 2.54. The summed E-state index contributed by atoms with van der Waals surface area (Å²) >= 11 is 0. The topological polar surface area (TPSA) is 43.4 Å². The molecule has 0 N–H and O–H groups in total. The molecule has 0 saturated heterocycles. The average Bonchev–Trinajstić information content (AvgIpc) is 2.61. The summed E-state index contributed by atoms with van der Waals surface area (Å²) in [4.78, 5) is 0. The third-order valence-corrected chi connectivity index (χ3v) is 3.73. The molecule has 1 rings (SSSR count). The van der Waals surface area contributed by atoms with Crippen molar-refractivity contribution in [3.05, 3.63) is 0 Å². The molecule has 1 fully saturated rings. The lowest BCUT2D eigenvalue weighted by molar-refractivity contribution is 0.191. The van der Waals surface area contributed by atoms with Crippen LogP contribution in [0.1, 0.15) is 19.3 Å². The van der Waals surface area contributed by atoms with Crippen LogP contribution >= 0.6 is 0 Å². The highest BCUT2D eigenvalue weighted by molar-refractivity contribution is 7.88. The highest BCUT2D eigenvalue weighted by atomic mass is 32.3. The smallest absolute Gasteiger partial charge is 0.308 e. The summed E-state index contributed by atoms with van der Waals surface area (Å²) in [6, 6.07) is 0. The Morgan fingerprint density at radius 1 is 1.55 bits per heavy atom. The monoisotopic (exact) mass is 182 g/mol. The molecule has 11 heavy (non-hydrogen) atoms. The van der Waals surface area contributed by atoms with Gasteiger partial charge in [0.1, 0.15) is 4.75 Å². The van der Waals surface area contributed by atoms with Crippen LogP contribution in [0.4, 0.5) is 3.89 Å². The van der Waals surface area contributed by atoms with Crippen LogP contribution in [-0.2, 0) is 15.0 Å². The number of methoxy groups -OCH3 is 1. The molecule has 1 aliphatic rings. The van der Waals surface area contributed by atoms with Crippen LogP contribution in [0.3, 0.4) is 0 Å². The fraction of sp³-hybridized carbons (Fsp3) is 1.00. The molecule has 0 unspecified atom stereocenters. The van der Waals surface area contributed by atoms with E-state index in [-0.39, 0.29) is 6.42 Å². The van der Waals surface area contributed by atoms with E-state index in [4.69, 9.17) is 0 Å². The van der Waals surface area contributed by atoms with Crippen molar-refractivity contribution in [2.75, 3.05) is 13.7 Å². The average molecular weight is 182 g/mol. The van der Waals surface area contributed by atoms with Crippen molar-refractivity contribution < 1.29 is 17.0 Å². The standard InChI is InChI=1S/C6H11FO3S/c1-10-5-4-6(2-3-6)11(7,8)9/h2-5H2,1H3. The van der Waals surface area contributed by atoms with E-state index in [1.807, 2.05) is 0 Å². The van der Waals surface area contributed by atoms with Gasteiger partial charge in [-0.15, -0.1) is 3.89 Å². The van der Waals surface area contributed by atoms with E-state index >= 15 is 0 Å². The Kier molecular flexibility index (Phi) is 2.20. The highest BCUT2D eigenvalue weighted by Crippen LogP contribution is 2.47. The number of hydrogen-bond acceptors (Lipinski definition) is 3. The minimum absolute atomic E-state index is 0.280. The molecular weight excluding hydrogens is 171 g/mol. The first-order valence-corrected chi connectivity index (χ1v) is 4.83. The van der Waals surface area contributed by atoms with Crippen molar-refractivity contribution >= 4 is 10.2 Å². The van der Waals surface area contributed by atoms with Crippen LogP contribution < -0.4 is 0 Å². The lowest BCUT2D eigenvalue weighted by Gasteiger charge is -2.07. The second kappa shape index (κ2) is 2.71. The second-order valence-corrected chi connectivity index (χ2v) is 4.61. The number of rotatable bonds is 4. The van der Waals surface area contributed by atoms with Crippen LogP contribution in [0, 0.1) is 0 Å². The molecule has 0 spiro atoms. The van der Waals surface area contributed by atoms with E-state index in [0.29, 0.717) is 19.4 Å². The molecule has 0 aromatic carbocycles. The summed E-state index contributed by atoms with van der Waals surface area (Å²) in [6.45, 7) is 0.309. The van der Waals surface area contributed by atoms with E-state index < -0.39 is 15.0 Å². The largest absolute Gasteiger partial charge is 0.385 e. The van der Waals surface area contributed by atoms with Crippen LogP contribution in [0.25, 0.3) is 0 Å². The molecule has 0 atom stereocenters. The zero-order chi connectivity index (χ0) is 8.54. The normalized spacial score (nSPS) is 21.6. The molecule has 0 aromatic rings. The molecule has 1 saturated carbocycles. The van der Waals surface area contributed by atoms with Crippen molar-refractivity contribution in [1.29, 1.82) is 0 Å². The maximum absolute atomic E-state index is 12.5. The third-order valence-electron chi connectivity index (χ3n) is 2.09. The summed E-state index contributed by atoms with van der Waals surface area (Å²) in [6.07, 6.45) is 1.16. The first kappa shape index (κ1) is 8.93. The minimum Gasteiger partial charge on any atom is -0.385 e. The van der Waals surface area contributed by atoms with Crippen molar-refractivity contribution in [1.82, 2.24) is 0 Å². The van der Waals surface area contributed by atoms with Gasteiger partial charge in [0.05, 0.1) is 0 Å². The van der Waals surface area contributed by atoms with Crippen molar-refractivity contribution in [3.8, 4) is 0 Å². The summed E-state index contributed by atoms with van der Waals surface area (Å²) in [5.41, 5.74) is 0. The van der Waals surface area contributed by atoms with Gasteiger partial charge in [-0.3, -0.25) is 0 Å². The predicted octanol–water partition coefficient (Wildman–Crippen LogP) is 0.855. The summed E-state index contributed by atoms with van der Waals surface area (Å²) in [5, 5.41) is 0. The zero-order valence-electron chi connectivity index (χ0n) is 6.34. The molecule has 0 amide bonds. The number of ether oxygens (including phenoxy) is 1. The van der Waals surface area contributed by atoms with Gasteiger partial charge in [0, 0.05) is 13.7 Å². The quantitative estimate of drug-likeness (QED) is 0.605. The zero-order valence-corrected chi connectivity index (χ0v) is 7.16. The Balaban J connectivity index is 2.55. The molecule has 0 bridgehead atoms. The predicted molar refractivity (Wildman–Crippen MR) is 38.5 cm³/mol. The van der Waals surface area contributed by atoms with Gasteiger partial charge < -0.3 is 4.74 Å². The van der Waals surface area contributed by atoms with Gasteiger partial charge in [0.15, 0.2) is 0 Å². The molecule has 0 radical (unpaired) electrons. The van der Waals surface area contributed by atoms with E-state index in [2.05, 4.69) is 4.74 Å². The lowest BCUT2D eigenvalue weighted by Crippen LogP contribution is -2.20. The van der Waals surface area contributed by atoms with Crippen molar-refractivity contribution in [2.24, 2.45) is 0 Å². The van der Waals surface area contributed by atoms with Crippen LogP contribution in [0.15, 0.2) is 0 Å². The van der Waals surface area contributed by atoms with E-state index in [9.17, 15) is 12.3 Å². The first-order valence-electron chi connectivity index (χ1n) is 3.45. The second-order valence-electron chi connectivity index (χ2n) is 2.86. The number of hydrogen-bond donors (Lipinski definition) is 0. The summed E-state index contributed by atoms with van der Waals surface area (Å²) in [5.74, 6) is 0. The lowest BCUT2D eigenvalue weighted by atomic mass is 10.3. The van der Waals surface area contributed by atoms with Crippen LogP contribution in [0.2, 0.25) is 0 Å². The Labute approximate surface area is 65.8 Å². The fourth-order valence-electron chi connectivity index (χ4n) is 1.04. The summed E-state index contributed by atoms with van der Waals surface area (Å²) in [7, 11) is -2.87. The summed E-state index contributed by atoms with van der Waals surface area (Å²) < 4.78 is 37.1. The SMILES string of the molecule is COCCC1(S(=O)(=O)F)CC1. The van der Waals surface area contributed by atoms with Gasteiger partial charge in [-0.05, 0) is 19.3 Å². The third kappa shape index (κ3) is 1.70. The molecule has 1 aliphatic carbocycles. The Morgan fingerprint density at radius 3 is 2.36 bits per heavy atom. The Hall–Kier alpha value is -0.160. The first-order chi connectivity index (χ1) is 5.02. The van der Waals surface area contributed by atoms with Gasteiger partial charge in [0.2, 0.25) is 0 Å². The van der Waals surface area contributed by atoms with Gasteiger partial charge in [-0.2, -0.15) is 8.42 Å². The van der Waals surface area contributed by atoms with Gasteiger partial charge in [-0.25, -0.2) is 0 Å². The molecule has 5 heteroatoms. The van der Waals surface area contributed by atoms with E-state index in [1.165, 1.54) is 7.11 Å². The maximum atomic E-state index is 12.5. The Morgan fingerprint density at radius 2 is 2.09 bits per heavy atom. The van der Waals surface area contributed by atoms with Crippen molar-refractivity contribution in [2.45, 2.75) is 24.0 Å². The Bertz CT molecular complexity index is 230. The van der Waals surface area contributed by atoms with E-state index in [1.54, 1.807) is 0 Å². The number of halogens is 1. The molecule has 3 nitrogen and oxygen atoms in total. The van der Waals surface area contributed by atoms with Gasteiger partial charge >= 0.3 is 10.2 Å². The molecule has 0 aromatic heterocycles. The fourth-order valence-corrected chi connectivity index (χ4v) is 1.96. The van der Waals surface area contributed by atoms with Crippen LogP contribution in [0.5, 0.6) is 0 Å². The minimum atomic E-state index is -4.34. The maximum Gasteiger partial charge on any atom is 0.308 e. The van der Waals surface area contributed by atoms with Gasteiger partial charge in [0.25, 0.3) is 0 Å².